The molecular weight excluding hydrogens is 270 g/mol. The highest BCUT2D eigenvalue weighted by Gasteiger charge is 2.09. The van der Waals surface area contributed by atoms with Crippen molar-refractivity contribution < 1.29 is 9.66 Å². The van der Waals surface area contributed by atoms with Gasteiger partial charge in [0.15, 0.2) is 0 Å². The maximum atomic E-state index is 10.9. The Kier molecular flexibility index (Phi) is 4.61. The maximum Gasteiger partial charge on any atom is 0.275 e. The minimum absolute atomic E-state index is 0.00401. The minimum Gasteiger partial charge on any atom is -0.496 e. The van der Waals surface area contributed by atoms with Crippen LogP contribution < -0.4 is 15.8 Å². The minimum atomic E-state index is -0.437. The molecule has 0 amide bonds. The van der Waals surface area contributed by atoms with E-state index in [0.717, 1.165) is 17.7 Å². The van der Waals surface area contributed by atoms with Gasteiger partial charge in [-0.3, -0.25) is 10.1 Å². The predicted molar refractivity (Wildman–Crippen MR) is 82.7 cm³/mol. The van der Waals surface area contributed by atoms with Crippen molar-refractivity contribution in [2.45, 2.75) is 6.42 Å². The van der Waals surface area contributed by atoms with Gasteiger partial charge in [-0.1, -0.05) is 12.1 Å². The number of nitro benzene ring substituents is 1. The lowest BCUT2D eigenvalue weighted by molar-refractivity contribution is -0.384. The van der Waals surface area contributed by atoms with Crippen LogP contribution >= 0.6 is 0 Å². The van der Waals surface area contributed by atoms with E-state index in [9.17, 15) is 10.1 Å². The second kappa shape index (κ2) is 6.60. The summed E-state index contributed by atoms with van der Waals surface area (Å²) in [4.78, 5) is 10.4. The maximum absolute atomic E-state index is 10.9. The van der Waals surface area contributed by atoms with Gasteiger partial charge in [-0.05, 0) is 24.1 Å². The molecule has 2 aromatic rings. The quantitative estimate of drug-likeness (QED) is 0.484. The van der Waals surface area contributed by atoms with Crippen molar-refractivity contribution >= 4 is 17.1 Å². The number of nitrogens with two attached hydrogens (primary N) is 1. The number of nitro groups is 1. The van der Waals surface area contributed by atoms with Crippen LogP contribution in [0.5, 0.6) is 5.75 Å². The number of benzene rings is 2. The summed E-state index contributed by atoms with van der Waals surface area (Å²) in [5.41, 5.74) is 8.18. The van der Waals surface area contributed by atoms with Crippen molar-refractivity contribution in [1.29, 1.82) is 0 Å². The molecule has 0 atom stereocenters. The molecule has 0 aromatic heterocycles. The molecular formula is C15H17N3O3. The van der Waals surface area contributed by atoms with E-state index in [4.69, 9.17) is 10.5 Å². The third-order valence-corrected chi connectivity index (χ3v) is 3.06. The monoisotopic (exact) mass is 287 g/mol. The molecule has 0 aliphatic carbocycles. The predicted octanol–water partition coefficient (Wildman–Crippen LogP) is 2.84. The first-order valence-corrected chi connectivity index (χ1v) is 6.50. The number of methoxy groups -OCH3 is 1. The Morgan fingerprint density at radius 2 is 1.95 bits per heavy atom. The number of ether oxygens (including phenoxy) is 1. The molecule has 6 nitrogen and oxygen atoms in total. The van der Waals surface area contributed by atoms with Crippen LogP contribution in [0.1, 0.15) is 5.56 Å². The van der Waals surface area contributed by atoms with E-state index in [1.807, 2.05) is 24.3 Å². The molecule has 0 bridgehead atoms. The number of nitrogens with zero attached hydrogens (tertiary/aromatic N) is 1. The molecule has 2 rings (SSSR count). The topological polar surface area (TPSA) is 90.4 Å². The lowest BCUT2D eigenvalue weighted by Gasteiger charge is -2.08. The zero-order chi connectivity index (χ0) is 15.2. The van der Waals surface area contributed by atoms with E-state index in [1.165, 1.54) is 19.2 Å². The summed E-state index contributed by atoms with van der Waals surface area (Å²) in [5, 5.41) is 14.0. The van der Waals surface area contributed by atoms with Crippen LogP contribution in [0.25, 0.3) is 0 Å². The molecule has 2 aromatic carbocycles. The van der Waals surface area contributed by atoms with Crippen LogP contribution in [-0.4, -0.2) is 18.6 Å². The number of hydrogen-bond donors (Lipinski definition) is 2. The van der Waals surface area contributed by atoms with Crippen LogP contribution in [-0.2, 0) is 6.42 Å². The third-order valence-electron chi connectivity index (χ3n) is 3.06. The molecule has 0 saturated heterocycles. The van der Waals surface area contributed by atoms with Crippen LogP contribution in [0.2, 0.25) is 0 Å². The van der Waals surface area contributed by atoms with Crippen molar-refractivity contribution in [3.63, 3.8) is 0 Å². The Morgan fingerprint density at radius 3 is 2.57 bits per heavy atom. The standard InChI is InChI=1S/C15H17N3O3/c1-21-15-9-13(8-14(10-15)18(19)20)17-7-6-11-2-4-12(16)5-3-11/h2-5,8-10,17H,6-7,16H2,1H3. The van der Waals surface area contributed by atoms with E-state index in [2.05, 4.69) is 5.32 Å². The summed E-state index contributed by atoms with van der Waals surface area (Å²) >= 11 is 0. The first-order chi connectivity index (χ1) is 10.1. The highest BCUT2D eigenvalue weighted by molar-refractivity contribution is 5.56. The molecule has 6 heteroatoms. The highest BCUT2D eigenvalue weighted by atomic mass is 16.6. The Balaban J connectivity index is 2.00. The average molecular weight is 287 g/mol. The first-order valence-electron chi connectivity index (χ1n) is 6.50. The molecule has 0 radical (unpaired) electrons. The molecule has 0 saturated carbocycles. The van der Waals surface area contributed by atoms with Crippen LogP contribution in [0.4, 0.5) is 17.1 Å². The van der Waals surface area contributed by atoms with Crippen LogP contribution in [0.15, 0.2) is 42.5 Å². The van der Waals surface area contributed by atoms with Gasteiger partial charge < -0.3 is 15.8 Å². The molecule has 0 fully saturated rings. The van der Waals surface area contributed by atoms with Gasteiger partial charge >= 0.3 is 0 Å². The highest BCUT2D eigenvalue weighted by Crippen LogP contribution is 2.25. The summed E-state index contributed by atoms with van der Waals surface area (Å²) in [7, 11) is 1.48. The fourth-order valence-electron chi connectivity index (χ4n) is 1.94. The molecule has 0 unspecified atom stereocenters. The zero-order valence-electron chi connectivity index (χ0n) is 11.7. The van der Waals surface area contributed by atoms with Crippen molar-refractivity contribution in [3.8, 4) is 5.75 Å². The van der Waals surface area contributed by atoms with E-state index in [-0.39, 0.29) is 5.69 Å². The zero-order valence-corrected chi connectivity index (χ0v) is 11.7. The van der Waals surface area contributed by atoms with E-state index in [0.29, 0.717) is 18.0 Å². The molecule has 0 spiro atoms. The molecule has 110 valence electrons. The van der Waals surface area contributed by atoms with Crippen molar-refractivity contribution in [2.24, 2.45) is 0 Å². The Bertz CT molecular complexity index is 627. The van der Waals surface area contributed by atoms with Gasteiger partial charge in [-0.25, -0.2) is 0 Å². The van der Waals surface area contributed by atoms with Gasteiger partial charge in [0.2, 0.25) is 0 Å². The Hall–Kier alpha value is -2.76. The van der Waals surface area contributed by atoms with Crippen molar-refractivity contribution in [2.75, 3.05) is 24.7 Å². The number of nitrogen functional groups attached to an aromatic ring is 1. The summed E-state index contributed by atoms with van der Waals surface area (Å²) in [6.45, 7) is 0.661. The van der Waals surface area contributed by atoms with Gasteiger partial charge in [0.1, 0.15) is 5.75 Å². The Labute approximate surface area is 122 Å². The Morgan fingerprint density at radius 1 is 1.24 bits per heavy atom. The SMILES string of the molecule is COc1cc(NCCc2ccc(N)cc2)cc([N+](=O)[O-])c1. The molecule has 3 N–H and O–H groups in total. The third kappa shape index (κ3) is 4.10. The second-order valence-electron chi connectivity index (χ2n) is 4.60. The summed E-state index contributed by atoms with van der Waals surface area (Å²) in [6.07, 6.45) is 0.797. The van der Waals surface area contributed by atoms with E-state index < -0.39 is 4.92 Å². The number of anilines is 2. The van der Waals surface area contributed by atoms with Crippen LogP contribution in [0.3, 0.4) is 0 Å². The summed E-state index contributed by atoms with van der Waals surface area (Å²) in [6, 6.07) is 12.3. The van der Waals surface area contributed by atoms with Gasteiger partial charge in [0.25, 0.3) is 5.69 Å². The first kappa shape index (κ1) is 14.6. The summed E-state index contributed by atoms with van der Waals surface area (Å²) in [5.74, 6) is 0.458. The van der Waals surface area contributed by atoms with Crippen molar-refractivity contribution in [1.82, 2.24) is 0 Å². The van der Waals surface area contributed by atoms with Gasteiger partial charge in [-0.15, -0.1) is 0 Å². The molecule has 0 aliphatic rings. The largest absolute Gasteiger partial charge is 0.496 e. The molecule has 0 heterocycles. The summed E-state index contributed by atoms with van der Waals surface area (Å²) < 4.78 is 5.07. The number of nitrogens with one attached hydrogen (secondary N) is 1. The molecule has 21 heavy (non-hydrogen) atoms. The fraction of sp³-hybridized carbons (Fsp3) is 0.200. The van der Waals surface area contributed by atoms with Crippen molar-refractivity contribution in [3.05, 3.63) is 58.1 Å². The average Bonchev–Trinajstić information content (AvgIpc) is 2.49. The lowest BCUT2D eigenvalue weighted by Crippen LogP contribution is -2.05. The smallest absolute Gasteiger partial charge is 0.275 e. The second-order valence-corrected chi connectivity index (χ2v) is 4.60. The van der Waals surface area contributed by atoms with Gasteiger partial charge in [0.05, 0.1) is 18.1 Å². The van der Waals surface area contributed by atoms with Gasteiger partial charge in [-0.2, -0.15) is 0 Å². The number of rotatable bonds is 6. The normalized spacial score (nSPS) is 10.1. The van der Waals surface area contributed by atoms with E-state index in [1.54, 1.807) is 6.07 Å². The lowest BCUT2D eigenvalue weighted by atomic mass is 10.1. The fourth-order valence-corrected chi connectivity index (χ4v) is 1.94. The van der Waals surface area contributed by atoms with E-state index >= 15 is 0 Å². The number of hydrogen-bond acceptors (Lipinski definition) is 5. The number of non-ortho nitro benzene ring substituents is 1. The van der Waals surface area contributed by atoms with Crippen LogP contribution in [0, 0.1) is 10.1 Å². The van der Waals surface area contributed by atoms with Gasteiger partial charge in [0, 0.05) is 30.1 Å². The molecule has 0 aliphatic heterocycles.